The molecule has 0 aliphatic carbocycles. The number of ether oxygens (including phenoxy) is 1. The van der Waals surface area contributed by atoms with Crippen molar-refractivity contribution in [2.75, 3.05) is 23.9 Å². The van der Waals surface area contributed by atoms with Crippen molar-refractivity contribution in [3.63, 3.8) is 0 Å². The summed E-state index contributed by atoms with van der Waals surface area (Å²) in [4.78, 5) is 25.0. The maximum atomic E-state index is 12.6. The van der Waals surface area contributed by atoms with Crippen LogP contribution in [0.25, 0.3) is 0 Å². The second-order valence-corrected chi connectivity index (χ2v) is 6.62. The molecule has 0 fully saturated rings. The average molecular weight is 383 g/mol. The Morgan fingerprint density at radius 1 is 1.15 bits per heavy atom. The second kappa shape index (κ2) is 10.9. The van der Waals surface area contributed by atoms with E-state index in [4.69, 9.17) is 10.00 Å². The van der Waals surface area contributed by atoms with Gasteiger partial charge in [-0.1, -0.05) is 18.2 Å². The lowest BCUT2D eigenvalue weighted by Gasteiger charge is -2.18. The van der Waals surface area contributed by atoms with Crippen LogP contribution in [0.3, 0.4) is 0 Å². The molecular weight excluding hydrogens is 362 g/mol. The van der Waals surface area contributed by atoms with Gasteiger partial charge in [0.15, 0.2) is 6.61 Å². The molecule has 0 aromatic heterocycles. The Bertz CT molecular complexity index is 788. The molecule has 0 unspecified atom stereocenters. The zero-order valence-corrected chi connectivity index (χ0v) is 15.8. The molecule has 0 aliphatic rings. The number of anilines is 1. The lowest BCUT2D eigenvalue weighted by molar-refractivity contribution is -0.118. The first-order chi connectivity index (χ1) is 13.1. The van der Waals surface area contributed by atoms with Crippen molar-refractivity contribution in [3.05, 3.63) is 60.2 Å². The van der Waals surface area contributed by atoms with E-state index in [-0.39, 0.29) is 18.4 Å². The fourth-order valence-electron chi connectivity index (χ4n) is 2.32. The third kappa shape index (κ3) is 6.68. The van der Waals surface area contributed by atoms with E-state index in [2.05, 4.69) is 10.6 Å². The summed E-state index contributed by atoms with van der Waals surface area (Å²) in [5.41, 5.74) is 1.10. The van der Waals surface area contributed by atoms with Crippen molar-refractivity contribution < 1.29 is 14.3 Å². The van der Waals surface area contributed by atoms with Gasteiger partial charge in [0.1, 0.15) is 17.9 Å². The molecule has 0 bridgehead atoms. The van der Waals surface area contributed by atoms with Crippen molar-refractivity contribution in [2.24, 2.45) is 0 Å². The van der Waals surface area contributed by atoms with E-state index in [1.54, 1.807) is 60.3 Å². The van der Waals surface area contributed by atoms with Gasteiger partial charge in [-0.05, 0) is 54.8 Å². The first-order valence-corrected chi connectivity index (χ1v) is 9.79. The van der Waals surface area contributed by atoms with Crippen molar-refractivity contribution in [1.29, 1.82) is 5.26 Å². The monoisotopic (exact) mass is 383 g/mol. The first kappa shape index (κ1) is 20.3. The van der Waals surface area contributed by atoms with Crippen LogP contribution in [-0.4, -0.2) is 36.5 Å². The van der Waals surface area contributed by atoms with Gasteiger partial charge in [0.05, 0.1) is 0 Å². The normalized spacial score (nSPS) is 11.1. The topological polar surface area (TPSA) is 91.2 Å². The molecule has 1 atom stereocenters. The molecule has 0 heterocycles. The number of carbonyl (C=O) groups excluding carboxylic acids is 2. The molecule has 0 saturated heterocycles. The Morgan fingerprint density at radius 3 is 2.48 bits per heavy atom. The number of carbonyl (C=O) groups is 2. The highest BCUT2D eigenvalue weighted by Gasteiger charge is 2.21. The van der Waals surface area contributed by atoms with Crippen LogP contribution in [0.1, 0.15) is 16.8 Å². The van der Waals surface area contributed by atoms with Crippen LogP contribution in [0.4, 0.5) is 5.69 Å². The molecule has 140 valence electrons. The molecule has 2 aromatic rings. The molecule has 0 radical (unpaired) electrons. The summed E-state index contributed by atoms with van der Waals surface area (Å²) in [5.74, 6) is 0.732. The summed E-state index contributed by atoms with van der Waals surface area (Å²) in [7, 11) is 0. The Kier molecular flexibility index (Phi) is 8.20. The minimum absolute atomic E-state index is 0.0337. The van der Waals surface area contributed by atoms with Gasteiger partial charge >= 0.3 is 0 Å². The molecule has 2 rings (SSSR count). The van der Waals surface area contributed by atoms with Gasteiger partial charge in [0.2, 0.25) is 5.91 Å². The number of thioether (sulfide) groups is 1. The third-order valence-electron chi connectivity index (χ3n) is 3.69. The predicted molar refractivity (Wildman–Crippen MR) is 107 cm³/mol. The lowest BCUT2D eigenvalue weighted by Crippen LogP contribution is -2.44. The quantitative estimate of drug-likeness (QED) is 0.694. The van der Waals surface area contributed by atoms with E-state index >= 15 is 0 Å². The fraction of sp³-hybridized carbons (Fsp3) is 0.250. The number of nitrogens with zero attached hydrogens (tertiary/aromatic N) is 1. The van der Waals surface area contributed by atoms with Gasteiger partial charge in [0, 0.05) is 11.3 Å². The number of hydrogen-bond donors (Lipinski definition) is 2. The van der Waals surface area contributed by atoms with E-state index in [1.807, 2.05) is 18.4 Å². The molecule has 0 spiro atoms. The Labute approximate surface area is 162 Å². The second-order valence-electron chi connectivity index (χ2n) is 5.63. The maximum Gasteiger partial charge on any atom is 0.251 e. The van der Waals surface area contributed by atoms with E-state index in [0.29, 0.717) is 23.4 Å². The van der Waals surface area contributed by atoms with Crippen LogP contribution < -0.4 is 15.4 Å². The molecule has 0 saturated carbocycles. The summed E-state index contributed by atoms with van der Waals surface area (Å²) in [5, 5.41) is 14.1. The van der Waals surface area contributed by atoms with Gasteiger partial charge in [-0.15, -0.1) is 0 Å². The lowest BCUT2D eigenvalue weighted by atomic mass is 10.1. The molecule has 2 N–H and O–H groups in total. The van der Waals surface area contributed by atoms with Crippen LogP contribution in [0.5, 0.6) is 5.75 Å². The summed E-state index contributed by atoms with van der Waals surface area (Å²) >= 11 is 1.61. The van der Waals surface area contributed by atoms with Crippen LogP contribution in [-0.2, 0) is 4.79 Å². The van der Waals surface area contributed by atoms with Crippen LogP contribution in [0.2, 0.25) is 0 Å². The smallest absolute Gasteiger partial charge is 0.251 e. The summed E-state index contributed by atoms with van der Waals surface area (Å²) in [6, 6.07) is 16.8. The Balaban J connectivity index is 2.01. The molecule has 0 aliphatic heterocycles. The number of benzene rings is 2. The zero-order valence-electron chi connectivity index (χ0n) is 15.0. The van der Waals surface area contributed by atoms with Crippen LogP contribution in [0, 0.1) is 11.3 Å². The van der Waals surface area contributed by atoms with Gasteiger partial charge in [-0.25, -0.2) is 0 Å². The van der Waals surface area contributed by atoms with Gasteiger partial charge in [-0.3, -0.25) is 9.59 Å². The summed E-state index contributed by atoms with van der Waals surface area (Å²) in [6.07, 6.45) is 2.48. The highest BCUT2D eigenvalue weighted by Crippen LogP contribution is 2.16. The summed E-state index contributed by atoms with van der Waals surface area (Å²) < 4.78 is 5.18. The largest absolute Gasteiger partial charge is 0.479 e. The number of nitrogens with one attached hydrogen (secondary N) is 2. The van der Waals surface area contributed by atoms with E-state index in [0.717, 1.165) is 5.75 Å². The first-order valence-electron chi connectivity index (χ1n) is 8.39. The van der Waals surface area contributed by atoms with Gasteiger partial charge < -0.3 is 15.4 Å². The third-order valence-corrected chi connectivity index (χ3v) is 4.34. The van der Waals surface area contributed by atoms with Crippen LogP contribution in [0.15, 0.2) is 54.6 Å². The van der Waals surface area contributed by atoms with Gasteiger partial charge in [-0.2, -0.15) is 17.0 Å². The van der Waals surface area contributed by atoms with Crippen LogP contribution >= 0.6 is 11.8 Å². The number of nitriles is 1. The molecule has 2 amide bonds. The maximum absolute atomic E-state index is 12.6. The number of rotatable bonds is 9. The van der Waals surface area contributed by atoms with Crippen molar-refractivity contribution in [1.82, 2.24) is 5.32 Å². The molecular formula is C20H21N3O3S. The van der Waals surface area contributed by atoms with E-state index in [9.17, 15) is 9.59 Å². The van der Waals surface area contributed by atoms with Crippen molar-refractivity contribution in [2.45, 2.75) is 12.5 Å². The van der Waals surface area contributed by atoms with E-state index < -0.39 is 6.04 Å². The van der Waals surface area contributed by atoms with Crippen molar-refractivity contribution >= 4 is 29.3 Å². The molecule has 2 aromatic carbocycles. The molecule has 7 heteroatoms. The minimum Gasteiger partial charge on any atom is -0.479 e. The SMILES string of the molecule is CSCC[C@@H](NC(=O)c1ccccc1)C(=O)Nc1ccc(OCC#N)cc1. The van der Waals surface area contributed by atoms with E-state index in [1.165, 1.54) is 0 Å². The predicted octanol–water partition coefficient (Wildman–Crippen LogP) is 3.08. The average Bonchev–Trinajstić information content (AvgIpc) is 2.71. The van der Waals surface area contributed by atoms with Gasteiger partial charge in [0.25, 0.3) is 5.91 Å². The fourth-order valence-corrected chi connectivity index (χ4v) is 2.79. The highest BCUT2D eigenvalue weighted by molar-refractivity contribution is 7.98. The number of amides is 2. The Morgan fingerprint density at radius 2 is 1.85 bits per heavy atom. The van der Waals surface area contributed by atoms with Crippen molar-refractivity contribution in [3.8, 4) is 11.8 Å². The minimum atomic E-state index is -0.639. The Hall–Kier alpha value is -2.98. The summed E-state index contributed by atoms with van der Waals surface area (Å²) in [6.45, 7) is -0.0337. The molecule has 6 nitrogen and oxygen atoms in total. The zero-order chi connectivity index (χ0) is 19.5. The molecule has 27 heavy (non-hydrogen) atoms. The highest BCUT2D eigenvalue weighted by atomic mass is 32.2. The standard InChI is InChI=1S/C20H21N3O3S/c1-27-14-11-18(23-19(24)15-5-3-2-4-6-15)20(25)22-16-7-9-17(10-8-16)26-13-12-21/h2-10,18H,11,13-14H2,1H3,(H,22,25)(H,23,24)/t18-/m1/s1. The number of hydrogen-bond acceptors (Lipinski definition) is 5.